The van der Waals surface area contributed by atoms with E-state index in [1.165, 1.54) is 71.1 Å². The molecule has 0 aromatic rings. The van der Waals surface area contributed by atoms with E-state index in [4.69, 9.17) is 0 Å². The molecule has 0 aromatic heterocycles. The summed E-state index contributed by atoms with van der Waals surface area (Å²) in [5.41, 5.74) is 1.07. The van der Waals surface area contributed by atoms with Gasteiger partial charge in [0.1, 0.15) is 0 Å². The molecule has 0 amide bonds. The van der Waals surface area contributed by atoms with E-state index in [2.05, 4.69) is 38.0 Å². The molecule has 1 saturated heterocycles. The molecule has 1 unspecified atom stereocenters. The molecule has 2 fully saturated rings. The van der Waals surface area contributed by atoms with Crippen molar-refractivity contribution in [2.45, 2.75) is 65.7 Å². The van der Waals surface area contributed by atoms with Gasteiger partial charge in [-0.15, -0.1) is 0 Å². The molecule has 1 atom stereocenters. The lowest BCUT2D eigenvalue weighted by molar-refractivity contribution is 0.147. The number of likely N-dealkylation sites (tertiary alicyclic amines) is 1. The molecule has 0 radical (unpaired) electrons. The van der Waals surface area contributed by atoms with Gasteiger partial charge >= 0.3 is 0 Å². The van der Waals surface area contributed by atoms with E-state index in [-0.39, 0.29) is 0 Å². The predicted molar refractivity (Wildman–Crippen MR) is 88.1 cm³/mol. The van der Waals surface area contributed by atoms with Gasteiger partial charge in [-0.25, -0.2) is 0 Å². The van der Waals surface area contributed by atoms with Crippen molar-refractivity contribution in [1.29, 1.82) is 0 Å². The summed E-state index contributed by atoms with van der Waals surface area (Å²) >= 11 is 0. The maximum Gasteiger partial charge on any atom is 0.00501 e. The molecule has 1 heterocycles. The SMILES string of the molecule is CNCC1(CN2CCCC(C(C)(C)C)CC2)CCCC1. The van der Waals surface area contributed by atoms with Crippen LogP contribution in [0.5, 0.6) is 0 Å². The average molecular weight is 280 g/mol. The Morgan fingerprint density at radius 1 is 1.05 bits per heavy atom. The third-order valence-electron chi connectivity index (χ3n) is 5.82. The lowest BCUT2D eigenvalue weighted by atomic mass is 9.77. The fraction of sp³-hybridized carbons (Fsp3) is 1.00. The third-order valence-corrected chi connectivity index (χ3v) is 5.82. The zero-order chi connectivity index (χ0) is 14.6. The van der Waals surface area contributed by atoms with Gasteiger partial charge in [0.25, 0.3) is 0 Å². The van der Waals surface area contributed by atoms with Crippen LogP contribution in [-0.4, -0.2) is 38.1 Å². The zero-order valence-corrected chi connectivity index (χ0v) is 14.3. The Balaban J connectivity index is 1.90. The minimum absolute atomic E-state index is 0.492. The van der Waals surface area contributed by atoms with Crippen molar-refractivity contribution in [2.75, 3.05) is 33.2 Å². The topological polar surface area (TPSA) is 15.3 Å². The van der Waals surface area contributed by atoms with Crippen molar-refractivity contribution in [3.63, 3.8) is 0 Å². The molecule has 2 aliphatic rings. The van der Waals surface area contributed by atoms with E-state index in [0.717, 1.165) is 5.92 Å². The van der Waals surface area contributed by atoms with Gasteiger partial charge in [-0.3, -0.25) is 0 Å². The molecular formula is C18H36N2. The lowest BCUT2D eigenvalue weighted by Gasteiger charge is -2.35. The molecule has 2 nitrogen and oxygen atoms in total. The summed E-state index contributed by atoms with van der Waals surface area (Å²) in [6.07, 6.45) is 10.00. The van der Waals surface area contributed by atoms with Gasteiger partial charge in [0, 0.05) is 13.1 Å². The summed E-state index contributed by atoms with van der Waals surface area (Å²) in [6.45, 7) is 12.5. The van der Waals surface area contributed by atoms with Crippen LogP contribution >= 0.6 is 0 Å². The maximum atomic E-state index is 3.46. The van der Waals surface area contributed by atoms with Crippen molar-refractivity contribution in [2.24, 2.45) is 16.7 Å². The largest absolute Gasteiger partial charge is 0.319 e. The van der Waals surface area contributed by atoms with Crippen molar-refractivity contribution < 1.29 is 0 Å². The minimum atomic E-state index is 0.492. The molecule has 1 aliphatic heterocycles. The van der Waals surface area contributed by atoms with Crippen LogP contribution in [0.2, 0.25) is 0 Å². The highest BCUT2D eigenvalue weighted by Gasteiger charge is 2.36. The van der Waals surface area contributed by atoms with E-state index >= 15 is 0 Å². The van der Waals surface area contributed by atoms with Crippen molar-refractivity contribution >= 4 is 0 Å². The normalized spacial score (nSPS) is 28.5. The van der Waals surface area contributed by atoms with Crippen LogP contribution in [0.25, 0.3) is 0 Å². The summed E-state index contributed by atoms with van der Waals surface area (Å²) in [5, 5.41) is 3.46. The summed E-state index contributed by atoms with van der Waals surface area (Å²) < 4.78 is 0. The molecule has 118 valence electrons. The van der Waals surface area contributed by atoms with Crippen LogP contribution in [0.1, 0.15) is 65.7 Å². The van der Waals surface area contributed by atoms with Gasteiger partial charge < -0.3 is 10.2 Å². The Kier molecular flexibility index (Phi) is 5.53. The Labute approximate surface area is 126 Å². The quantitative estimate of drug-likeness (QED) is 0.840. The standard InChI is InChI=1S/C18H36N2/c1-17(2,3)16-8-7-12-20(13-9-16)15-18(14-19-4)10-5-6-11-18/h16,19H,5-15H2,1-4H3. The smallest absolute Gasteiger partial charge is 0.00501 e. The van der Waals surface area contributed by atoms with E-state index < -0.39 is 0 Å². The summed E-state index contributed by atoms with van der Waals surface area (Å²) in [6, 6.07) is 0. The highest BCUT2D eigenvalue weighted by atomic mass is 15.1. The maximum absolute atomic E-state index is 3.46. The Bertz CT molecular complexity index is 286. The van der Waals surface area contributed by atoms with Crippen LogP contribution in [0.3, 0.4) is 0 Å². The monoisotopic (exact) mass is 280 g/mol. The Morgan fingerprint density at radius 3 is 2.35 bits per heavy atom. The molecule has 2 heteroatoms. The van der Waals surface area contributed by atoms with Crippen LogP contribution in [0.4, 0.5) is 0 Å². The number of nitrogens with one attached hydrogen (secondary N) is 1. The second-order valence-corrected chi connectivity index (χ2v) is 8.51. The molecular weight excluding hydrogens is 244 g/mol. The van der Waals surface area contributed by atoms with Crippen LogP contribution in [-0.2, 0) is 0 Å². The molecule has 1 N–H and O–H groups in total. The third kappa shape index (κ3) is 4.21. The van der Waals surface area contributed by atoms with Gasteiger partial charge in [-0.1, -0.05) is 33.6 Å². The first-order valence-corrected chi connectivity index (χ1v) is 8.82. The number of hydrogen-bond donors (Lipinski definition) is 1. The molecule has 0 bridgehead atoms. The Hall–Kier alpha value is -0.0800. The van der Waals surface area contributed by atoms with Gasteiger partial charge in [0.2, 0.25) is 0 Å². The minimum Gasteiger partial charge on any atom is -0.319 e. The first-order valence-electron chi connectivity index (χ1n) is 8.82. The predicted octanol–water partition coefficient (Wildman–Crippen LogP) is 3.91. The summed E-state index contributed by atoms with van der Waals surface area (Å²) in [5.74, 6) is 0.913. The molecule has 0 aromatic carbocycles. The second-order valence-electron chi connectivity index (χ2n) is 8.51. The molecule has 2 rings (SSSR count). The Morgan fingerprint density at radius 2 is 1.75 bits per heavy atom. The van der Waals surface area contributed by atoms with Gasteiger partial charge in [-0.05, 0) is 69.0 Å². The highest BCUT2D eigenvalue weighted by Crippen LogP contribution is 2.40. The number of rotatable bonds is 4. The van der Waals surface area contributed by atoms with E-state index in [1.807, 2.05) is 0 Å². The van der Waals surface area contributed by atoms with Crippen molar-refractivity contribution in [3.8, 4) is 0 Å². The van der Waals surface area contributed by atoms with E-state index in [0.29, 0.717) is 10.8 Å². The van der Waals surface area contributed by atoms with Gasteiger partial charge in [0.05, 0.1) is 0 Å². The lowest BCUT2D eigenvalue weighted by Crippen LogP contribution is -2.42. The number of nitrogens with zero attached hydrogens (tertiary/aromatic N) is 1. The van der Waals surface area contributed by atoms with E-state index in [1.54, 1.807) is 0 Å². The first-order chi connectivity index (χ1) is 9.45. The van der Waals surface area contributed by atoms with Gasteiger partial charge in [-0.2, -0.15) is 0 Å². The average Bonchev–Trinajstić information content (AvgIpc) is 2.67. The van der Waals surface area contributed by atoms with Crippen LogP contribution in [0, 0.1) is 16.7 Å². The van der Waals surface area contributed by atoms with Crippen LogP contribution in [0.15, 0.2) is 0 Å². The van der Waals surface area contributed by atoms with Crippen LogP contribution < -0.4 is 5.32 Å². The summed E-state index contributed by atoms with van der Waals surface area (Å²) in [7, 11) is 2.12. The number of hydrogen-bond acceptors (Lipinski definition) is 2. The molecule has 0 spiro atoms. The summed E-state index contributed by atoms with van der Waals surface area (Å²) in [4.78, 5) is 2.79. The fourth-order valence-corrected chi connectivity index (χ4v) is 4.55. The van der Waals surface area contributed by atoms with E-state index in [9.17, 15) is 0 Å². The molecule has 1 aliphatic carbocycles. The first kappa shape index (κ1) is 16.3. The molecule has 20 heavy (non-hydrogen) atoms. The highest BCUT2D eigenvalue weighted by molar-refractivity contribution is 4.90. The zero-order valence-electron chi connectivity index (χ0n) is 14.3. The second kappa shape index (κ2) is 6.79. The van der Waals surface area contributed by atoms with Gasteiger partial charge in [0.15, 0.2) is 0 Å². The molecule has 1 saturated carbocycles. The van der Waals surface area contributed by atoms with Crippen molar-refractivity contribution in [1.82, 2.24) is 10.2 Å². The van der Waals surface area contributed by atoms with Crippen molar-refractivity contribution in [3.05, 3.63) is 0 Å². The fourth-order valence-electron chi connectivity index (χ4n) is 4.55.